The van der Waals surface area contributed by atoms with Crippen LogP contribution in [0.2, 0.25) is 0 Å². The van der Waals surface area contributed by atoms with Gasteiger partial charge in [-0.15, -0.1) is 0 Å². The van der Waals surface area contributed by atoms with E-state index in [0.717, 1.165) is 19.0 Å². The second-order valence-corrected chi connectivity index (χ2v) is 6.71. The maximum atomic E-state index is 11.6. The van der Waals surface area contributed by atoms with Gasteiger partial charge in [-0.25, -0.2) is 0 Å². The number of amides is 1. The normalized spacial score (nSPS) is 15.9. The van der Waals surface area contributed by atoms with Crippen LogP contribution in [0.3, 0.4) is 0 Å². The first-order valence-corrected chi connectivity index (χ1v) is 8.93. The van der Waals surface area contributed by atoms with Crippen LogP contribution in [0.1, 0.15) is 39.2 Å². The summed E-state index contributed by atoms with van der Waals surface area (Å²) in [6, 6.07) is 10.6. The van der Waals surface area contributed by atoms with Crippen molar-refractivity contribution in [2.45, 2.75) is 39.0 Å². The Kier molecular flexibility index (Phi) is 6.64. The molecule has 0 bridgehead atoms. The Morgan fingerprint density at radius 2 is 1.79 bits per heavy atom. The smallest absolute Gasteiger partial charge is 0.222 e. The zero-order valence-electron chi connectivity index (χ0n) is 15.1. The van der Waals surface area contributed by atoms with Crippen LogP contribution in [0.4, 0.5) is 0 Å². The van der Waals surface area contributed by atoms with Crippen LogP contribution >= 0.6 is 0 Å². The highest BCUT2D eigenvalue weighted by molar-refractivity contribution is 5.80. The number of guanidine groups is 1. The molecule has 24 heavy (non-hydrogen) atoms. The highest BCUT2D eigenvalue weighted by Gasteiger charge is 2.43. The third kappa shape index (κ3) is 5.25. The third-order valence-electron chi connectivity index (χ3n) is 4.36. The van der Waals surface area contributed by atoms with Crippen molar-refractivity contribution in [1.82, 2.24) is 16.0 Å². The molecule has 1 aliphatic carbocycles. The molecule has 0 radical (unpaired) electrons. The number of nitrogens with zero attached hydrogens (tertiary/aromatic N) is 1. The largest absolute Gasteiger partial charge is 0.357 e. The zero-order chi connectivity index (χ0) is 17.4. The van der Waals surface area contributed by atoms with Crippen molar-refractivity contribution in [3.05, 3.63) is 35.9 Å². The molecule has 0 atom stereocenters. The van der Waals surface area contributed by atoms with Gasteiger partial charge >= 0.3 is 0 Å². The van der Waals surface area contributed by atoms with E-state index in [2.05, 4.69) is 53.2 Å². The molecule has 2 rings (SSSR count). The summed E-state index contributed by atoms with van der Waals surface area (Å²) < 4.78 is 0. The van der Waals surface area contributed by atoms with E-state index >= 15 is 0 Å². The van der Waals surface area contributed by atoms with Crippen molar-refractivity contribution < 1.29 is 4.79 Å². The summed E-state index contributed by atoms with van der Waals surface area (Å²) in [6.07, 6.45) is 2.40. The maximum Gasteiger partial charge on any atom is 0.222 e. The summed E-state index contributed by atoms with van der Waals surface area (Å²) in [5, 5.41) is 9.47. The van der Waals surface area contributed by atoms with Gasteiger partial charge in [0, 0.05) is 31.0 Å². The van der Waals surface area contributed by atoms with E-state index in [4.69, 9.17) is 4.99 Å². The summed E-state index contributed by atoms with van der Waals surface area (Å²) in [7, 11) is 0. The van der Waals surface area contributed by atoms with Gasteiger partial charge in [-0.2, -0.15) is 0 Å². The van der Waals surface area contributed by atoms with Crippen LogP contribution in [0.25, 0.3) is 0 Å². The molecule has 1 fully saturated rings. The molecule has 0 spiro atoms. The van der Waals surface area contributed by atoms with E-state index in [0.29, 0.717) is 13.1 Å². The minimum atomic E-state index is 0.0208. The first kappa shape index (κ1) is 18.3. The van der Waals surface area contributed by atoms with Crippen molar-refractivity contribution in [1.29, 1.82) is 0 Å². The van der Waals surface area contributed by atoms with Crippen molar-refractivity contribution in [2.24, 2.45) is 10.9 Å². The van der Waals surface area contributed by atoms with E-state index in [1.165, 1.54) is 18.4 Å². The van der Waals surface area contributed by atoms with Gasteiger partial charge in [0.1, 0.15) is 0 Å². The van der Waals surface area contributed by atoms with Gasteiger partial charge < -0.3 is 16.0 Å². The summed E-state index contributed by atoms with van der Waals surface area (Å²) in [5.74, 6) is 0.922. The predicted octanol–water partition coefficient (Wildman–Crippen LogP) is 2.05. The third-order valence-corrected chi connectivity index (χ3v) is 4.36. The molecule has 0 unspecified atom stereocenters. The number of aliphatic imine (C=N–C) groups is 1. The number of rotatable bonds is 8. The molecule has 1 aromatic rings. The topological polar surface area (TPSA) is 65.5 Å². The number of nitrogens with one attached hydrogen (secondary N) is 3. The fourth-order valence-corrected chi connectivity index (χ4v) is 2.62. The van der Waals surface area contributed by atoms with Gasteiger partial charge in [0.15, 0.2) is 5.96 Å². The lowest BCUT2D eigenvalue weighted by Crippen LogP contribution is -2.42. The van der Waals surface area contributed by atoms with Gasteiger partial charge in [-0.1, -0.05) is 44.2 Å². The molecule has 1 saturated carbocycles. The van der Waals surface area contributed by atoms with Crippen LogP contribution in [0.5, 0.6) is 0 Å². The van der Waals surface area contributed by atoms with Crippen LogP contribution in [-0.4, -0.2) is 38.0 Å². The van der Waals surface area contributed by atoms with Gasteiger partial charge in [0.2, 0.25) is 5.91 Å². The zero-order valence-corrected chi connectivity index (χ0v) is 15.1. The number of hydrogen-bond acceptors (Lipinski definition) is 2. The van der Waals surface area contributed by atoms with Crippen molar-refractivity contribution in [3.8, 4) is 0 Å². The minimum absolute atomic E-state index is 0.0208. The van der Waals surface area contributed by atoms with Crippen molar-refractivity contribution in [3.63, 3.8) is 0 Å². The molecule has 5 nitrogen and oxygen atoms in total. The van der Waals surface area contributed by atoms with Gasteiger partial charge in [0.25, 0.3) is 0 Å². The molecule has 0 heterocycles. The summed E-state index contributed by atoms with van der Waals surface area (Å²) in [5.41, 5.74) is 1.60. The van der Waals surface area contributed by atoms with Crippen LogP contribution in [-0.2, 0) is 10.2 Å². The minimum Gasteiger partial charge on any atom is -0.357 e. The predicted molar refractivity (Wildman–Crippen MR) is 99.2 cm³/mol. The Morgan fingerprint density at radius 1 is 1.12 bits per heavy atom. The monoisotopic (exact) mass is 330 g/mol. The molecular formula is C19H30N4O. The molecule has 0 saturated heterocycles. The van der Waals surface area contributed by atoms with Crippen molar-refractivity contribution in [2.75, 3.05) is 26.2 Å². The molecule has 3 N–H and O–H groups in total. The molecule has 1 aliphatic rings. The molecule has 132 valence electrons. The second kappa shape index (κ2) is 8.71. The standard InChI is InChI=1S/C19H30N4O/c1-4-20-18(22-13-12-21-17(24)15(2)3)23-14-19(10-11-19)16-8-6-5-7-9-16/h5-9,15H,4,10-14H2,1-3H3,(H,21,24)(H2,20,22,23). The lowest BCUT2D eigenvalue weighted by atomic mass is 9.96. The summed E-state index contributed by atoms with van der Waals surface area (Å²) >= 11 is 0. The Balaban J connectivity index is 1.84. The second-order valence-electron chi connectivity index (χ2n) is 6.71. The lowest BCUT2D eigenvalue weighted by Gasteiger charge is -2.16. The highest BCUT2D eigenvalue weighted by atomic mass is 16.1. The average Bonchev–Trinajstić information content (AvgIpc) is 3.38. The van der Waals surface area contributed by atoms with Crippen molar-refractivity contribution >= 4 is 11.9 Å². The molecule has 1 amide bonds. The number of benzene rings is 1. The lowest BCUT2D eigenvalue weighted by molar-refractivity contribution is -0.123. The summed E-state index contributed by atoms with van der Waals surface area (Å²) in [4.78, 5) is 16.3. The number of hydrogen-bond donors (Lipinski definition) is 3. The van der Waals surface area contributed by atoms with Crippen LogP contribution in [0.15, 0.2) is 35.3 Å². The molecule has 0 aromatic heterocycles. The Morgan fingerprint density at radius 3 is 2.38 bits per heavy atom. The Labute approximate surface area is 145 Å². The Hall–Kier alpha value is -2.04. The van der Waals surface area contributed by atoms with E-state index in [9.17, 15) is 4.79 Å². The molecular weight excluding hydrogens is 300 g/mol. The average molecular weight is 330 g/mol. The van der Waals surface area contributed by atoms with E-state index in [1.807, 2.05) is 13.8 Å². The highest BCUT2D eigenvalue weighted by Crippen LogP contribution is 2.48. The van der Waals surface area contributed by atoms with E-state index in [-0.39, 0.29) is 17.2 Å². The first-order valence-electron chi connectivity index (χ1n) is 8.93. The SMILES string of the molecule is CCNC(=NCC1(c2ccccc2)CC1)NCCNC(=O)C(C)C. The maximum absolute atomic E-state index is 11.6. The number of carbonyl (C=O) groups excluding carboxylic acids is 1. The quantitative estimate of drug-likeness (QED) is 0.388. The summed E-state index contributed by atoms with van der Waals surface area (Å²) in [6.45, 7) is 8.74. The fourth-order valence-electron chi connectivity index (χ4n) is 2.62. The van der Waals surface area contributed by atoms with E-state index < -0.39 is 0 Å². The number of carbonyl (C=O) groups is 1. The van der Waals surface area contributed by atoms with Crippen LogP contribution in [0, 0.1) is 5.92 Å². The van der Waals surface area contributed by atoms with Gasteiger partial charge in [-0.05, 0) is 25.3 Å². The van der Waals surface area contributed by atoms with E-state index in [1.54, 1.807) is 0 Å². The fraction of sp³-hybridized carbons (Fsp3) is 0.579. The molecule has 0 aliphatic heterocycles. The Bertz CT molecular complexity index is 550. The van der Waals surface area contributed by atoms with Gasteiger partial charge in [-0.3, -0.25) is 9.79 Å². The molecule has 5 heteroatoms. The van der Waals surface area contributed by atoms with Gasteiger partial charge in [0.05, 0.1) is 6.54 Å². The first-order chi connectivity index (χ1) is 11.6. The molecule has 1 aromatic carbocycles. The van der Waals surface area contributed by atoms with Crippen LogP contribution < -0.4 is 16.0 Å².